The number of benzene rings is 4. The van der Waals surface area contributed by atoms with Crippen LogP contribution < -0.4 is 16.8 Å². The van der Waals surface area contributed by atoms with Gasteiger partial charge in [0.25, 0.3) is 5.91 Å². The summed E-state index contributed by atoms with van der Waals surface area (Å²) in [6.07, 6.45) is 2.03. The molecule has 278 valence electrons. The van der Waals surface area contributed by atoms with E-state index in [2.05, 4.69) is 19.2 Å². The normalized spacial score (nSPS) is 14.6. The Kier molecular flexibility index (Phi) is 14.1. The van der Waals surface area contributed by atoms with Crippen molar-refractivity contribution in [3.8, 4) is 0 Å². The molecule has 0 fully saturated rings. The van der Waals surface area contributed by atoms with E-state index in [-0.39, 0.29) is 6.42 Å². The molecule has 0 aliphatic carbocycles. The fourth-order valence-electron chi connectivity index (χ4n) is 6.82. The van der Waals surface area contributed by atoms with E-state index >= 15 is 0 Å². The summed E-state index contributed by atoms with van der Waals surface area (Å²) < 4.78 is 0. The van der Waals surface area contributed by atoms with Gasteiger partial charge in [0.05, 0.1) is 24.7 Å². The predicted octanol–water partition coefficient (Wildman–Crippen LogP) is 4.79. The van der Waals surface area contributed by atoms with Gasteiger partial charge in [-0.15, -0.1) is 0 Å². The van der Waals surface area contributed by atoms with Gasteiger partial charge in [0.15, 0.2) is 0 Å². The van der Waals surface area contributed by atoms with Crippen LogP contribution in [0.5, 0.6) is 0 Å². The fourth-order valence-corrected chi connectivity index (χ4v) is 6.82. The minimum Gasteiger partial charge on any atom is -0.394 e. The Labute approximate surface area is 306 Å². The molecule has 10 nitrogen and oxygen atoms in total. The number of hydrogen-bond donors (Lipinski definition) is 5. The molecule has 52 heavy (non-hydrogen) atoms. The second-order valence-corrected chi connectivity index (χ2v) is 14.6. The Bertz CT molecular complexity index is 1760. The smallest absolute Gasteiger partial charge is 0.252 e. The average Bonchev–Trinajstić information content (AvgIpc) is 3.11. The van der Waals surface area contributed by atoms with Gasteiger partial charge in [-0.25, -0.2) is 0 Å². The predicted molar refractivity (Wildman–Crippen MR) is 205 cm³/mol. The number of amides is 4. The number of hydrogen-bond acceptors (Lipinski definition) is 7. The van der Waals surface area contributed by atoms with Crippen molar-refractivity contribution in [2.45, 2.75) is 96.4 Å². The van der Waals surface area contributed by atoms with Crippen LogP contribution >= 0.6 is 0 Å². The van der Waals surface area contributed by atoms with E-state index in [9.17, 15) is 29.4 Å². The third-order valence-corrected chi connectivity index (χ3v) is 10.1. The van der Waals surface area contributed by atoms with Crippen LogP contribution in [0.3, 0.4) is 0 Å². The lowest BCUT2D eigenvalue weighted by Crippen LogP contribution is -2.66. The van der Waals surface area contributed by atoms with Crippen molar-refractivity contribution < 1.29 is 29.4 Å². The molecule has 4 aromatic carbocycles. The van der Waals surface area contributed by atoms with Crippen LogP contribution in [0.4, 0.5) is 0 Å². The van der Waals surface area contributed by atoms with Gasteiger partial charge in [-0.05, 0) is 71.7 Å². The van der Waals surface area contributed by atoms with Crippen molar-refractivity contribution in [2.24, 2.45) is 23.3 Å². The number of nitrogens with two attached hydrogens (primary N) is 2. The summed E-state index contributed by atoms with van der Waals surface area (Å²) in [6.45, 7) is 6.21. The number of nitrogens with zero attached hydrogens (tertiary/aromatic N) is 1. The minimum atomic E-state index is -1.90. The molecule has 0 saturated heterocycles. The molecule has 4 amide bonds. The van der Waals surface area contributed by atoms with Gasteiger partial charge < -0.3 is 27.0 Å². The summed E-state index contributed by atoms with van der Waals surface area (Å²) >= 11 is 0. The lowest BCUT2D eigenvalue weighted by molar-refractivity contribution is -0.161. The van der Waals surface area contributed by atoms with Gasteiger partial charge in [-0.2, -0.15) is 0 Å². The average molecular weight is 711 g/mol. The number of unbranched alkanes of at least 4 members (excludes halogenated alkanes) is 1. The number of rotatable bonds is 18. The SMILES string of the molecule is CC(C)CCCCC(=O)N(C(=O)[C@H](CC(N)=O)NC(=O)C(Cc1cccc2ccccc12)Cc1cccc2ccccc12)[C@H](CO)[C@@](C)(O)[C@H](C)N. The molecule has 0 aromatic heterocycles. The molecule has 0 radical (unpaired) electrons. The summed E-state index contributed by atoms with van der Waals surface area (Å²) in [4.78, 5) is 56.1. The molecule has 7 N–H and O–H groups in total. The molecule has 4 rings (SSSR count). The van der Waals surface area contributed by atoms with Crippen molar-refractivity contribution >= 4 is 45.2 Å². The van der Waals surface area contributed by atoms with Crippen molar-refractivity contribution in [3.63, 3.8) is 0 Å². The second kappa shape index (κ2) is 18.2. The zero-order chi connectivity index (χ0) is 38.0. The van der Waals surface area contributed by atoms with Gasteiger partial charge in [0.2, 0.25) is 17.7 Å². The second-order valence-electron chi connectivity index (χ2n) is 14.6. The fraction of sp³-hybridized carbons (Fsp3) is 0.429. The van der Waals surface area contributed by atoms with E-state index < -0.39 is 66.3 Å². The van der Waals surface area contributed by atoms with E-state index in [1.165, 1.54) is 13.8 Å². The van der Waals surface area contributed by atoms with Gasteiger partial charge >= 0.3 is 0 Å². The van der Waals surface area contributed by atoms with Crippen LogP contribution in [-0.2, 0) is 32.0 Å². The van der Waals surface area contributed by atoms with E-state index in [4.69, 9.17) is 11.5 Å². The zero-order valence-corrected chi connectivity index (χ0v) is 30.8. The number of fused-ring (bicyclic) bond motifs is 2. The summed E-state index contributed by atoms with van der Waals surface area (Å²) in [5, 5.41) is 28.7. The van der Waals surface area contributed by atoms with E-state index in [1.54, 1.807) is 0 Å². The number of carbonyl (C=O) groups is 4. The van der Waals surface area contributed by atoms with Crippen LogP contribution in [0.15, 0.2) is 84.9 Å². The van der Waals surface area contributed by atoms with E-state index in [0.717, 1.165) is 50.4 Å². The molecule has 0 aliphatic heterocycles. The van der Waals surface area contributed by atoms with Crippen LogP contribution in [0.1, 0.15) is 70.9 Å². The number of imide groups is 1. The first-order valence-corrected chi connectivity index (χ1v) is 18.2. The molecular weight excluding hydrogens is 656 g/mol. The first kappa shape index (κ1) is 40.1. The Morgan fingerprint density at radius 2 is 1.33 bits per heavy atom. The third kappa shape index (κ3) is 10.0. The molecule has 0 bridgehead atoms. The first-order chi connectivity index (χ1) is 24.7. The number of primary amides is 1. The van der Waals surface area contributed by atoms with Crippen LogP contribution in [0.25, 0.3) is 21.5 Å². The number of aliphatic hydroxyl groups excluding tert-OH is 1. The standard InChI is InChI=1S/C42H54N4O6/c1-27(2)13-5-10-22-39(49)46(37(26-47)42(4,52)28(3)43)41(51)36(25-38(44)48)45-40(50)33(23-31-18-11-16-29-14-6-8-20-34(29)31)24-32-19-12-17-30-15-7-9-21-35(30)32/h6-9,11-12,14-21,27-28,33,36-37,47,52H,5,10,13,22-26,43H2,1-4H3,(H2,44,48)(H,45,50)/t28-,36-,37+,42-/m0/s1. The van der Waals surface area contributed by atoms with Crippen molar-refractivity contribution in [3.05, 3.63) is 96.1 Å². The van der Waals surface area contributed by atoms with Gasteiger partial charge in [-0.3, -0.25) is 24.1 Å². The maximum atomic E-state index is 14.5. The van der Waals surface area contributed by atoms with Crippen LogP contribution in [-0.4, -0.2) is 69.1 Å². The van der Waals surface area contributed by atoms with E-state index in [1.807, 2.05) is 84.9 Å². The Morgan fingerprint density at radius 1 is 0.808 bits per heavy atom. The molecule has 10 heteroatoms. The molecule has 0 aliphatic rings. The zero-order valence-electron chi connectivity index (χ0n) is 30.8. The highest BCUT2D eigenvalue weighted by Crippen LogP contribution is 2.28. The highest BCUT2D eigenvalue weighted by molar-refractivity contribution is 6.02. The molecular formula is C42H54N4O6. The van der Waals surface area contributed by atoms with Crippen molar-refractivity contribution in [1.82, 2.24) is 10.2 Å². The number of carbonyl (C=O) groups excluding carboxylic acids is 4. The van der Waals surface area contributed by atoms with E-state index in [0.29, 0.717) is 25.2 Å². The lowest BCUT2D eigenvalue weighted by atomic mass is 9.87. The summed E-state index contributed by atoms with van der Waals surface area (Å²) in [6, 6.07) is 23.7. The summed E-state index contributed by atoms with van der Waals surface area (Å²) in [5.41, 5.74) is 11.7. The highest BCUT2D eigenvalue weighted by atomic mass is 16.3. The first-order valence-electron chi connectivity index (χ1n) is 18.2. The Hall–Kier alpha value is -4.64. The summed E-state index contributed by atoms with van der Waals surface area (Å²) in [7, 11) is 0. The Morgan fingerprint density at radius 3 is 1.81 bits per heavy atom. The molecule has 0 saturated carbocycles. The molecule has 0 spiro atoms. The largest absolute Gasteiger partial charge is 0.394 e. The van der Waals surface area contributed by atoms with Crippen molar-refractivity contribution in [2.75, 3.05) is 6.61 Å². The Balaban J connectivity index is 1.73. The van der Waals surface area contributed by atoms with Gasteiger partial charge in [0, 0.05) is 18.4 Å². The minimum absolute atomic E-state index is 0.0496. The molecule has 4 atom stereocenters. The topological polar surface area (TPSA) is 176 Å². The lowest BCUT2D eigenvalue weighted by Gasteiger charge is -2.42. The molecule has 4 aromatic rings. The number of nitrogens with one attached hydrogen (secondary N) is 1. The van der Waals surface area contributed by atoms with Crippen molar-refractivity contribution in [1.29, 1.82) is 0 Å². The molecule has 0 heterocycles. The third-order valence-electron chi connectivity index (χ3n) is 10.1. The maximum absolute atomic E-state index is 14.5. The van der Waals surface area contributed by atoms with Crippen LogP contribution in [0.2, 0.25) is 0 Å². The van der Waals surface area contributed by atoms with Gasteiger partial charge in [0.1, 0.15) is 6.04 Å². The number of aliphatic hydroxyl groups is 2. The molecule has 0 unspecified atom stereocenters. The summed E-state index contributed by atoms with van der Waals surface area (Å²) in [5.74, 6) is -3.27. The monoisotopic (exact) mass is 710 g/mol. The maximum Gasteiger partial charge on any atom is 0.252 e. The van der Waals surface area contributed by atoms with Gasteiger partial charge in [-0.1, -0.05) is 112 Å². The highest BCUT2D eigenvalue weighted by Gasteiger charge is 2.45. The van der Waals surface area contributed by atoms with Crippen LogP contribution in [0, 0.1) is 11.8 Å². The quantitative estimate of drug-likeness (QED) is 0.0923.